The fourth-order valence-corrected chi connectivity index (χ4v) is 3.39. The highest BCUT2D eigenvalue weighted by Gasteiger charge is 2.26. The summed E-state index contributed by atoms with van der Waals surface area (Å²) in [4.78, 5) is 23.6. The van der Waals surface area contributed by atoms with Gasteiger partial charge in [-0.1, -0.05) is 0 Å². The first-order valence-electron chi connectivity index (χ1n) is 8.50. The molecule has 1 aliphatic rings. The molecule has 25 heavy (non-hydrogen) atoms. The maximum absolute atomic E-state index is 13.0. The summed E-state index contributed by atoms with van der Waals surface area (Å²) in [6.07, 6.45) is 9.24. The molecule has 1 fully saturated rings. The van der Waals surface area contributed by atoms with E-state index in [-0.39, 0.29) is 11.9 Å². The average molecular weight is 336 g/mol. The number of imidazole rings is 1. The third kappa shape index (κ3) is 3.07. The zero-order valence-electron chi connectivity index (χ0n) is 14.1. The summed E-state index contributed by atoms with van der Waals surface area (Å²) in [6.45, 7) is 3.36. The molecule has 4 rings (SSSR count). The molecule has 1 amide bonds. The lowest BCUT2D eigenvalue weighted by Gasteiger charge is -2.33. The van der Waals surface area contributed by atoms with E-state index in [9.17, 15) is 4.79 Å². The molecule has 0 bridgehead atoms. The van der Waals surface area contributed by atoms with Crippen LogP contribution in [-0.2, 0) is 0 Å². The lowest BCUT2D eigenvalue weighted by Crippen LogP contribution is -2.40. The molecule has 3 aromatic rings. The number of nitrogens with zero attached hydrogens (tertiary/aromatic N) is 4. The first kappa shape index (κ1) is 15.6. The van der Waals surface area contributed by atoms with Gasteiger partial charge in [0.15, 0.2) is 5.76 Å². The number of amides is 1. The van der Waals surface area contributed by atoms with Crippen molar-refractivity contribution in [3.05, 3.63) is 60.5 Å². The minimum absolute atomic E-state index is 0.0424. The van der Waals surface area contributed by atoms with E-state index in [2.05, 4.69) is 14.5 Å². The molecule has 1 aliphatic heterocycles. The second-order valence-electron chi connectivity index (χ2n) is 6.36. The lowest BCUT2D eigenvalue weighted by molar-refractivity contribution is 0.0678. The molecular weight excluding hydrogens is 316 g/mol. The number of pyridine rings is 1. The molecular formula is C19H20N4O2. The van der Waals surface area contributed by atoms with Crippen molar-refractivity contribution < 1.29 is 9.21 Å². The van der Waals surface area contributed by atoms with Gasteiger partial charge in [-0.3, -0.25) is 4.79 Å². The van der Waals surface area contributed by atoms with Gasteiger partial charge in [-0.2, -0.15) is 0 Å². The molecule has 128 valence electrons. The number of piperidine rings is 1. The lowest BCUT2D eigenvalue weighted by atomic mass is 10.0. The van der Waals surface area contributed by atoms with Crippen LogP contribution in [0.15, 0.2) is 53.7 Å². The van der Waals surface area contributed by atoms with Crippen LogP contribution in [0.1, 0.15) is 34.9 Å². The highest BCUT2D eigenvalue weighted by atomic mass is 16.3. The number of aryl methyl sites for hydroxylation is 1. The molecule has 1 saturated heterocycles. The van der Waals surface area contributed by atoms with Crippen molar-refractivity contribution in [1.29, 1.82) is 0 Å². The molecule has 6 nitrogen and oxygen atoms in total. The number of hydrogen-bond donors (Lipinski definition) is 0. The number of hydrogen-bond acceptors (Lipinski definition) is 4. The molecule has 0 spiro atoms. The standard InChI is InChI=1S/C19H20N4O2/c1-14-16(6-7-17(21-14)18-5-3-11-25-18)19(24)22-9-2-4-15(12-22)23-10-8-20-13-23/h3,5-8,10-11,13,15H,2,4,9,12H2,1H3. The van der Waals surface area contributed by atoms with Gasteiger partial charge in [0.1, 0.15) is 5.69 Å². The van der Waals surface area contributed by atoms with Crippen molar-refractivity contribution in [1.82, 2.24) is 19.4 Å². The van der Waals surface area contributed by atoms with Gasteiger partial charge in [-0.05, 0) is 44.0 Å². The average Bonchev–Trinajstić information content (AvgIpc) is 3.35. The van der Waals surface area contributed by atoms with Gasteiger partial charge >= 0.3 is 0 Å². The van der Waals surface area contributed by atoms with Crippen LogP contribution in [-0.4, -0.2) is 38.4 Å². The molecule has 0 aromatic carbocycles. The topological polar surface area (TPSA) is 64.2 Å². The van der Waals surface area contributed by atoms with Crippen molar-refractivity contribution in [3.63, 3.8) is 0 Å². The Bertz CT molecular complexity index is 856. The second-order valence-corrected chi connectivity index (χ2v) is 6.36. The van der Waals surface area contributed by atoms with E-state index in [0.717, 1.165) is 30.8 Å². The van der Waals surface area contributed by atoms with E-state index in [1.54, 1.807) is 12.5 Å². The van der Waals surface area contributed by atoms with E-state index >= 15 is 0 Å². The fraction of sp³-hybridized carbons (Fsp3) is 0.316. The Morgan fingerprint density at radius 3 is 2.96 bits per heavy atom. The van der Waals surface area contributed by atoms with Crippen molar-refractivity contribution >= 4 is 5.91 Å². The van der Waals surface area contributed by atoms with Gasteiger partial charge in [0.2, 0.25) is 0 Å². The smallest absolute Gasteiger partial charge is 0.255 e. The van der Waals surface area contributed by atoms with E-state index in [0.29, 0.717) is 17.9 Å². The molecule has 0 N–H and O–H groups in total. The number of furan rings is 1. The zero-order valence-corrected chi connectivity index (χ0v) is 14.1. The Hall–Kier alpha value is -2.89. The predicted octanol–water partition coefficient (Wildman–Crippen LogP) is 3.32. The Morgan fingerprint density at radius 2 is 2.24 bits per heavy atom. The summed E-state index contributed by atoms with van der Waals surface area (Å²) in [5, 5.41) is 0. The van der Waals surface area contributed by atoms with E-state index in [1.807, 2.05) is 48.6 Å². The van der Waals surface area contributed by atoms with E-state index in [1.165, 1.54) is 0 Å². The van der Waals surface area contributed by atoms with Gasteiger partial charge in [-0.15, -0.1) is 0 Å². The molecule has 1 atom stereocenters. The Balaban J connectivity index is 1.54. The van der Waals surface area contributed by atoms with Crippen molar-refractivity contribution in [3.8, 4) is 11.5 Å². The monoisotopic (exact) mass is 336 g/mol. The quantitative estimate of drug-likeness (QED) is 0.736. The summed E-state index contributed by atoms with van der Waals surface area (Å²) >= 11 is 0. The predicted molar refractivity (Wildman–Crippen MR) is 93.1 cm³/mol. The van der Waals surface area contributed by atoms with Crippen LogP contribution in [0, 0.1) is 6.92 Å². The van der Waals surface area contributed by atoms with Crippen molar-refractivity contribution in [2.75, 3.05) is 13.1 Å². The molecule has 0 saturated carbocycles. The summed E-state index contributed by atoms with van der Waals surface area (Å²) in [6, 6.07) is 7.68. The molecule has 0 aliphatic carbocycles. The van der Waals surface area contributed by atoms with Gasteiger partial charge < -0.3 is 13.9 Å². The maximum atomic E-state index is 13.0. The Morgan fingerprint density at radius 1 is 1.32 bits per heavy atom. The fourth-order valence-electron chi connectivity index (χ4n) is 3.39. The number of carbonyl (C=O) groups excluding carboxylic acids is 1. The maximum Gasteiger partial charge on any atom is 0.255 e. The van der Waals surface area contributed by atoms with Crippen LogP contribution in [0.4, 0.5) is 0 Å². The molecule has 4 heterocycles. The second kappa shape index (κ2) is 6.55. The van der Waals surface area contributed by atoms with Gasteiger partial charge in [0, 0.05) is 25.5 Å². The van der Waals surface area contributed by atoms with Crippen LogP contribution in [0.5, 0.6) is 0 Å². The largest absolute Gasteiger partial charge is 0.463 e. The van der Waals surface area contributed by atoms with E-state index < -0.39 is 0 Å². The number of carbonyl (C=O) groups is 1. The van der Waals surface area contributed by atoms with Crippen LogP contribution in [0.2, 0.25) is 0 Å². The SMILES string of the molecule is Cc1nc(-c2ccco2)ccc1C(=O)N1CCCC(n2ccnc2)C1. The van der Waals surface area contributed by atoms with Gasteiger partial charge in [-0.25, -0.2) is 9.97 Å². The van der Waals surface area contributed by atoms with Crippen molar-refractivity contribution in [2.45, 2.75) is 25.8 Å². The highest BCUT2D eigenvalue weighted by Crippen LogP contribution is 2.24. The summed E-state index contributed by atoms with van der Waals surface area (Å²) in [5.74, 6) is 0.751. The molecule has 6 heteroatoms. The van der Waals surface area contributed by atoms with Crippen LogP contribution < -0.4 is 0 Å². The number of likely N-dealkylation sites (tertiary alicyclic amines) is 1. The number of rotatable bonds is 3. The molecule has 0 radical (unpaired) electrons. The minimum atomic E-state index is 0.0424. The van der Waals surface area contributed by atoms with E-state index in [4.69, 9.17) is 4.42 Å². The first-order chi connectivity index (χ1) is 12.2. The highest BCUT2D eigenvalue weighted by molar-refractivity contribution is 5.95. The summed E-state index contributed by atoms with van der Waals surface area (Å²) < 4.78 is 7.47. The van der Waals surface area contributed by atoms with Crippen LogP contribution >= 0.6 is 0 Å². The minimum Gasteiger partial charge on any atom is -0.463 e. The third-order valence-electron chi connectivity index (χ3n) is 4.72. The zero-order chi connectivity index (χ0) is 17.2. The molecule has 3 aromatic heterocycles. The Labute approximate surface area is 146 Å². The normalized spacial score (nSPS) is 17.6. The summed E-state index contributed by atoms with van der Waals surface area (Å²) in [7, 11) is 0. The third-order valence-corrected chi connectivity index (χ3v) is 4.72. The number of aromatic nitrogens is 3. The molecule has 1 unspecified atom stereocenters. The Kier molecular flexibility index (Phi) is 4.09. The van der Waals surface area contributed by atoms with Crippen molar-refractivity contribution in [2.24, 2.45) is 0 Å². The van der Waals surface area contributed by atoms with Crippen LogP contribution in [0.25, 0.3) is 11.5 Å². The first-order valence-corrected chi connectivity index (χ1v) is 8.50. The van der Waals surface area contributed by atoms with Gasteiger partial charge in [0.25, 0.3) is 5.91 Å². The van der Waals surface area contributed by atoms with Gasteiger partial charge in [0.05, 0.1) is 29.9 Å². The summed E-state index contributed by atoms with van der Waals surface area (Å²) in [5.41, 5.74) is 2.12. The van der Waals surface area contributed by atoms with Crippen LogP contribution in [0.3, 0.4) is 0 Å².